The predicted molar refractivity (Wildman–Crippen MR) is 98.5 cm³/mol. The van der Waals surface area contributed by atoms with E-state index in [1.54, 1.807) is 13.4 Å². The molecule has 25 heavy (non-hydrogen) atoms. The monoisotopic (exact) mass is 345 g/mol. The summed E-state index contributed by atoms with van der Waals surface area (Å²) >= 11 is 0. The Bertz CT molecular complexity index is 639. The number of urea groups is 1. The third-order valence-corrected chi connectivity index (χ3v) is 4.15. The molecule has 2 aromatic rings. The topological polar surface area (TPSA) is 66.7 Å². The van der Waals surface area contributed by atoms with Gasteiger partial charge >= 0.3 is 6.03 Å². The Balaban J connectivity index is 1.99. The lowest BCUT2D eigenvalue weighted by atomic mass is 10.2. The van der Waals surface area contributed by atoms with Crippen molar-refractivity contribution in [2.24, 2.45) is 0 Å². The maximum absolute atomic E-state index is 12.3. The fourth-order valence-corrected chi connectivity index (χ4v) is 2.83. The van der Waals surface area contributed by atoms with Gasteiger partial charge in [0.2, 0.25) is 0 Å². The van der Waals surface area contributed by atoms with Crippen molar-refractivity contribution in [2.45, 2.75) is 26.5 Å². The van der Waals surface area contributed by atoms with Gasteiger partial charge in [-0.25, -0.2) is 4.79 Å². The molecule has 1 aromatic heterocycles. The normalized spacial score (nSPS) is 12.2. The maximum Gasteiger partial charge on any atom is 0.319 e. The molecule has 2 amide bonds. The number of methoxy groups -OCH3 is 1. The van der Waals surface area contributed by atoms with Crippen LogP contribution in [0.1, 0.15) is 31.2 Å². The summed E-state index contributed by atoms with van der Waals surface area (Å²) in [5, 5.41) is 5.84. The van der Waals surface area contributed by atoms with Crippen molar-refractivity contribution in [3.05, 3.63) is 54.0 Å². The highest BCUT2D eigenvalue weighted by Crippen LogP contribution is 2.20. The summed E-state index contributed by atoms with van der Waals surface area (Å²) in [4.78, 5) is 14.6. The highest BCUT2D eigenvalue weighted by molar-refractivity contribution is 5.90. The van der Waals surface area contributed by atoms with Crippen LogP contribution in [0.5, 0.6) is 0 Å². The fourth-order valence-electron chi connectivity index (χ4n) is 2.83. The summed E-state index contributed by atoms with van der Waals surface area (Å²) in [7, 11) is 1.63. The van der Waals surface area contributed by atoms with E-state index in [4.69, 9.17) is 9.15 Å². The minimum absolute atomic E-state index is 0.00460. The van der Waals surface area contributed by atoms with E-state index in [9.17, 15) is 4.79 Å². The van der Waals surface area contributed by atoms with Gasteiger partial charge in [0, 0.05) is 24.9 Å². The molecular formula is C19H27N3O3. The Morgan fingerprint density at radius 3 is 2.60 bits per heavy atom. The molecule has 6 heteroatoms. The van der Waals surface area contributed by atoms with Crippen molar-refractivity contribution < 1.29 is 13.9 Å². The first kappa shape index (κ1) is 19.0. The van der Waals surface area contributed by atoms with Crippen LogP contribution in [0.15, 0.2) is 47.1 Å². The lowest BCUT2D eigenvalue weighted by Gasteiger charge is -2.28. The smallest absolute Gasteiger partial charge is 0.319 e. The molecule has 2 N–H and O–H groups in total. The minimum atomic E-state index is -0.243. The molecule has 0 aliphatic heterocycles. The van der Waals surface area contributed by atoms with E-state index >= 15 is 0 Å². The van der Waals surface area contributed by atoms with Crippen molar-refractivity contribution in [1.29, 1.82) is 0 Å². The van der Waals surface area contributed by atoms with E-state index in [2.05, 4.69) is 29.4 Å². The van der Waals surface area contributed by atoms with Gasteiger partial charge in [-0.1, -0.05) is 32.0 Å². The molecule has 136 valence electrons. The molecular weight excluding hydrogens is 318 g/mol. The zero-order chi connectivity index (χ0) is 18.1. The van der Waals surface area contributed by atoms with Gasteiger partial charge in [-0.2, -0.15) is 0 Å². The Hall–Kier alpha value is -2.31. The molecule has 0 spiro atoms. The first-order chi connectivity index (χ1) is 12.2. The number of furan rings is 1. The average Bonchev–Trinajstić information content (AvgIpc) is 3.15. The lowest BCUT2D eigenvalue weighted by Crippen LogP contribution is -2.39. The van der Waals surface area contributed by atoms with E-state index < -0.39 is 0 Å². The lowest BCUT2D eigenvalue weighted by molar-refractivity contribution is 0.185. The van der Waals surface area contributed by atoms with Gasteiger partial charge in [-0.05, 0) is 31.3 Å². The van der Waals surface area contributed by atoms with Crippen LogP contribution in [-0.4, -0.2) is 37.7 Å². The number of hydrogen-bond donors (Lipinski definition) is 2. The Morgan fingerprint density at radius 1 is 1.20 bits per heavy atom. The summed E-state index contributed by atoms with van der Waals surface area (Å²) in [6.07, 6.45) is 1.66. The summed E-state index contributed by atoms with van der Waals surface area (Å²) in [6, 6.07) is 11.2. The van der Waals surface area contributed by atoms with Gasteiger partial charge < -0.3 is 19.8 Å². The van der Waals surface area contributed by atoms with Crippen LogP contribution in [-0.2, 0) is 11.3 Å². The molecule has 0 bridgehead atoms. The Morgan fingerprint density at radius 2 is 1.96 bits per heavy atom. The molecule has 1 atom stereocenters. The van der Waals surface area contributed by atoms with Gasteiger partial charge in [0.1, 0.15) is 5.76 Å². The first-order valence-corrected chi connectivity index (χ1v) is 8.58. The second kappa shape index (κ2) is 9.86. The Kier molecular flexibility index (Phi) is 7.50. The molecule has 1 heterocycles. The first-order valence-electron chi connectivity index (χ1n) is 8.58. The number of carbonyl (C=O) groups excluding carboxylic acids is 1. The second-order valence-corrected chi connectivity index (χ2v) is 5.68. The van der Waals surface area contributed by atoms with E-state index in [1.807, 2.05) is 36.4 Å². The fraction of sp³-hybridized carbons (Fsp3) is 0.421. The van der Waals surface area contributed by atoms with E-state index in [0.717, 1.165) is 30.1 Å². The number of carbonyl (C=O) groups is 1. The van der Waals surface area contributed by atoms with Gasteiger partial charge in [-0.15, -0.1) is 0 Å². The molecule has 0 fully saturated rings. The molecule has 0 saturated carbocycles. The summed E-state index contributed by atoms with van der Waals surface area (Å²) in [5.41, 5.74) is 1.69. The largest absolute Gasteiger partial charge is 0.468 e. The average molecular weight is 345 g/mol. The van der Waals surface area contributed by atoms with Crippen molar-refractivity contribution >= 4 is 11.7 Å². The molecule has 2 rings (SSSR count). The van der Waals surface area contributed by atoms with Crippen LogP contribution in [0, 0.1) is 0 Å². The van der Waals surface area contributed by atoms with E-state index in [1.165, 1.54) is 0 Å². The van der Waals surface area contributed by atoms with Crippen LogP contribution in [0.25, 0.3) is 0 Å². The molecule has 1 aromatic carbocycles. The highest BCUT2D eigenvalue weighted by atomic mass is 16.5. The number of ether oxygens (including phenoxy) is 1. The van der Waals surface area contributed by atoms with Gasteiger partial charge in [0.05, 0.1) is 18.9 Å². The van der Waals surface area contributed by atoms with Gasteiger partial charge in [0.15, 0.2) is 0 Å². The van der Waals surface area contributed by atoms with Crippen molar-refractivity contribution in [2.75, 3.05) is 32.1 Å². The van der Waals surface area contributed by atoms with E-state index in [-0.39, 0.29) is 12.1 Å². The van der Waals surface area contributed by atoms with Crippen molar-refractivity contribution in [1.82, 2.24) is 10.2 Å². The quantitative estimate of drug-likeness (QED) is 0.728. The highest BCUT2D eigenvalue weighted by Gasteiger charge is 2.21. The number of nitrogens with one attached hydrogen (secondary N) is 2. The number of anilines is 1. The number of nitrogens with zero attached hydrogens (tertiary/aromatic N) is 1. The maximum atomic E-state index is 12.3. The molecule has 0 saturated heterocycles. The second-order valence-electron chi connectivity index (χ2n) is 5.68. The molecule has 0 radical (unpaired) electrons. The van der Waals surface area contributed by atoms with Gasteiger partial charge in [0.25, 0.3) is 0 Å². The van der Waals surface area contributed by atoms with Gasteiger partial charge in [-0.3, -0.25) is 4.90 Å². The third kappa shape index (κ3) is 5.34. The zero-order valence-corrected chi connectivity index (χ0v) is 15.1. The zero-order valence-electron chi connectivity index (χ0n) is 15.1. The molecule has 0 aliphatic rings. The van der Waals surface area contributed by atoms with Crippen molar-refractivity contribution in [3.63, 3.8) is 0 Å². The van der Waals surface area contributed by atoms with Crippen LogP contribution < -0.4 is 10.6 Å². The number of rotatable bonds is 9. The van der Waals surface area contributed by atoms with Crippen LogP contribution in [0.4, 0.5) is 10.5 Å². The number of para-hydroxylation sites is 1. The predicted octanol–water partition coefficient (Wildman–Crippen LogP) is 3.63. The minimum Gasteiger partial charge on any atom is -0.468 e. The molecule has 0 aliphatic carbocycles. The van der Waals surface area contributed by atoms with Crippen LogP contribution in [0.3, 0.4) is 0 Å². The summed E-state index contributed by atoms with van der Waals surface area (Å²) in [5.74, 6) is 0.851. The number of benzene rings is 1. The number of likely N-dealkylation sites (N-methyl/N-ethyl adjacent to an activating group) is 1. The SMILES string of the molecule is CCN(CC)[C@H](CNC(=O)Nc1ccccc1COC)c1ccco1. The molecule has 6 nitrogen and oxygen atoms in total. The summed E-state index contributed by atoms with van der Waals surface area (Å²) in [6.45, 7) is 6.86. The third-order valence-electron chi connectivity index (χ3n) is 4.15. The van der Waals surface area contributed by atoms with E-state index in [0.29, 0.717) is 13.2 Å². The summed E-state index contributed by atoms with van der Waals surface area (Å²) < 4.78 is 10.7. The molecule has 0 unspecified atom stereocenters. The van der Waals surface area contributed by atoms with Crippen LogP contribution >= 0.6 is 0 Å². The van der Waals surface area contributed by atoms with Crippen LogP contribution in [0.2, 0.25) is 0 Å². The van der Waals surface area contributed by atoms with Crippen molar-refractivity contribution in [3.8, 4) is 0 Å². The number of hydrogen-bond acceptors (Lipinski definition) is 4. The Labute approximate surface area is 149 Å². The standard InChI is InChI=1S/C19H27N3O3/c1-4-22(5-2)17(18-11-8-12-25-18)13-20-19(23)21-16-10-7-6-9-15(16)14-24-3/h6-12,17H,4-5,13-14H2,1-3H3,(H2,20,21,23)/t17-/m1/s1. The number of amides is 2.